The lowest BCUT2D eigenvalue weighted by molar-refractivity contribution is 0.577. The van der Waals surface area contributed by atoms with E-state index in [1.807, 2.05) is 18.2 Å². The number of hydrogen-bond acceptors (Lipinski definition) is 3. The summed E-state index contributed by atoms with van der Waals surface area (Å²) in [6.45, 7) is 0.525. The maximum Gasteiger partial charge on any atom is 0.240 e. The van der Waals surface area contributed by atoms with Crippen LogP contribution >= 0.6 is 0 Å². The van der Waals surface area contributed by atoms with Crippen LogP contribution in [0.1, 0.15) is 11.1 Å². The van der Waals surface area contributed by atoms with E-state index in [4.69, 9.17) is 5.73 Å². The van der Waals surface area contributed by atoms with Crippen molar-refractivity contribution in [3.05, 3.63) is 65.5 Å². The molecule has 0 radical (unpaired) electrons. The predicted molar refractivity (Wildman–Crippen MR) is 74.8 cm³/mol. The molecule has 0 unspecified atom stereocenters. The molecule has 0 spiro atoms. The van der Waals surface area contributed by atoms with E-state index < -0.39 is 15.8 Å². The zero-order valence-electron chi connectivity index (χ0n) is 10.7. The highest BCUT2D eigenvalue weighted by atomic mass is 32.2. The maximum atomic E-state index is 13.1. The van der Waals surface area contributed by atoms with Crippen LogP contribution in [0.2, 0.25) is 0 Å². The topological polar surface area (TPSA) is 72.2 Å². The van der Waals surface area contributed by atoms with Gasteiger partial charge in [-0.2, -0.15) is 0 Å². The molecular formula is C14H15FN2O2S. The third-order valence-corrected chi connectivity index (χ3v) is 4.20. The molecular weight excluding hydrogens is 279 g/mol. The Morgan fingerprint density at radius 3 is 2.45 bits per heavy atom. The summed E-state index contributed by atoms with van der Waals surface area (Å²) < 4.78 is 39.5. The molecule has 0 aliphatic heterocycles. The van der Waals surface area contributed by atoms with Crippen molar-refractivity contribution >= 4 is 10.0 Å². The average Bonchev–Trinajstić information content (AvgIpc) is 2.45. The van der Waals surface area contributed by atoms with Gasteiger partial charge in [-0.25, -0.2) is 17.5 Å². The molecule has 0 atom stereocenters. The lowest BCUT2D eigenvalue weighted by Crippen LogP contribution is -2.23. The van der Waals surface area contributed by atoms with Crippen molar-refractivity contribution in [2.45, 2.75) is 18.0 Å². The molecule has 0 saturated heterocycles. The highest BCUT2D eigenvalue weighted by Gasteiger charge is 2.14. The molecule has 0 saturated carbocycles. The molecule has 0 heterocycles. The van der Waals surface area contributed by atoms with Crippen LogP contribution in [0, 0.1) is 5.82 Å². The number of halogens is 1. The zero-order valence-corrected chi connectivity index (χ0v) is 11.5. The van der Waals surface area contributed by atoms with Crippen LogP contribution in [-0.4, -0.2) is 8.42 Å². The number of sulfonamides is 1. The van der Waals surface area contributed by atoms with E-state index in [2.05, 4.69) is 4.72 Å². The lowest BCUT2D eigenvalue weighted by atomic mass is 10.1. The Balaban J connectivity index is 2.13. The van der Waals surface area contributed by atoms with Crippen molar-refractivity contribution < 1.29 is 12.8 Å². The molecule has 4 nitrogen and oxygen atoms in total. The normalized spacial score (nSPS) is 11.5. The average molecular weight is 294 g/mol. The Hall–Kier alpha value is -1.76. The van der Waals surface area contributed by atoms with Crippen molar-refractivity contribution in [3.8, 4) is 0 Å². The SMILES string of the molecule is NCc1cccc(CNS(=O)(=O)c2cccc(F)c2)c1. The summed E-state index contributed by atoms with van der Waals surface area (Å²) in [4.78, 5) is -0.0903. The van der Waals surface area contributed by atoms with E-state index in [0.717, 1.165) is 17.2 Å². The monoisotopic (exact) mass is 294 g/mol. The van der Waals surface area contributed by atoms with Crippen LogP contribution in [0.3, 0.4) is 0 Å². The third-order valence-electron chi connectivity index (χ3n) is 2.80. The molecule has 106 valence electrons. The van der Waals surface area contributed by atoms with Crippen molar-refractivity contribution in [2.24, 2.45) is 5.73 Å². The predicted octanol–water partition coefficient (Wildman–Crippen LogP) is 1.76. The summed E-state index contributed by atoms with van der Waals surface area (Å²) in [6, 6.07) is 12.2. The third kappa shape index (κ3) is 3.63. The first-order valence-electron chi connectivity index (χ1n) is 6.04. The second-order valence-corrected chi connectivity index (χ2v) is 6.07. The molecule has 0 amide bonds. The Labute approximate surface area is 117 Å². The molecule has 2 rings (SSSR count). The van der Waals surface area contributed by atoms with Crippen molar-refractivity contribution in [3.63, 3.8) is 0 Å². The first-order chi connectivity index (χ1) is 9.51. The van der Waals surface area contributed by atoms with E-state index >= 15 is 0 Å². The quantitative estimate of drug-likeness (QED) is 0.882. The Bertz CT molecular complexity index is 702. The molecule has 2 aromatic rings. The fraction of sp³-hybridized carbons (Fsp3) is 0.143. The number of hydrogen-bond donors (Lipinski definition) is 2. The first-order valence-corrected chi connectivity index (χ1v) is 7.53. The highest BCUT2D eigenvalue weighted by molar-refractivity contribution is 7.89. The molecule has 2 aromatic carbocycles. The number of nitrogens with one attached hydrogen (secondary N) is 1. The smallest absolute Gasteiger partial charge is 0.240 e. The van der Waals surface area contributed by atoms with Gasteiger partial charge in [-0.05, 0) is 29.3 Å². The van der Waals surface area contributed by atoms with E-state index in [-0.39, 0.29) is 11.4 Å². The van der Waals surface area contributed by atoms with Crippen LogP contribution in [0.5, 0.6) is 0 Å². The van der Waals surface area contributed by atoms with Crippen molar-refractivity contribution in [1.29, 1.82) is 0 Å². The summed E-state index contributed by atoms with van der Waals surface area (Å²) in [7, 11) is -3.72. The number of rotatable bonds is 5. The van der Waals surface area contributed by atoms with Gasteiger partial charge in [-0.3, -0.25) is 0 Å². The van der Waals surface area contributed by atoms with Gasteiger partial charge < -0.3 is 5.73 Å². The molecule has 0 aliphatic rings. The molecule has 0 fully saturated rings. The van der Waals surface area contributed by atoms with Gasteiger partial charge in [0.25, 0.3) is 0 Å². The fourth-order valence-corrected chi connectivity index (χ4v) is 2.81. The fourth-order valence-electron chi connectivity index (χ4n) is 1.76. The summed E-state index contributed by atoms with van der Waals surface area (Å²) >= 11 is 0. The van der Waals surface area contributed by atoms with Crippen LogP contribution in [0.4, 0.5) is 4.39 Å². The Morgan fingerprint density at radius 1 is 1.05 bits per heavy atom. The summed E-state index contributed by atoms with van der Waals surface area (Å²) in [5, 5.41) is 0. The second kappa shape index (κ2) is 6.13. The Kier molecular flexibility index (Phi) is 4.49. The molecule has 0 aliphatic carbocycles. The molecule has 6 heteroatoms. The van der Waals surface area contributed by atoms with E-state index in [9.17, 15) is 12.8 Å². The van der Waals surface area contributed by atoms with Gasteiger partial charge >= 0.3 is 0 Å². The number of benzene rings is 2. The molecule has 0 bridgehead atoms. The van der Waals surface area contributed by atoms with Gasteiger partial charge in [-0.15, -0.1) is 0 Å². The van der Waals surface area contributed by atoms with Crippen LogP contribution in [0.25, 0.3) is 0 Å². The van der Waals surface area contributed by atoms with Gasteiger partial charge in [0.2, 0.25) is 10.0 Å². The largest absolute Gasteiger partial charge is 0.326 e. The summed E-state index contributed by atoms with van der Waals surface area (Å²) in [5.74, 6) is -0.585. The molecule has 3 N–H and O–H groups in total. The van der Waals surface area contributed by atoms with E-state index in [0.29, 0.717) is 6.54 Å². The van der Waals surface area contributed by atoms with Crippen molar-refractivity contribution in [2.75, 3.05) is 0 Å². The van der Waals surface area contributed by atoms with E-state index in [1.54, 1.807) is 6.07 Å². The lowest BCUT2D eigenvalue weighted by Gasteiger charge is -2.08. The van der Waals surface area contributed by atoms with Gasteiger partial charge in [-0.1, -0.05) is 30.3 Å². The van der Waals surface area contributed by atoms with Crippen LogP contribution < -0.4 is 10.5 Å². The van der Waals surface area contributed by atoms with Gasteiger partial charge in [0.05, 0.1) is 4.90 Å². The van der Waals surface area contributed by atoms with Crippen molar-refractivity contribution in [1.82, 2.24) is 4.72 Å². The minimum atomic E-state index is -3.72. The van der Waals surface area contributed by atoms with Crippen LogP contribution in [0.15, 0.2) is 53.4 Å². The summed E-state index contributed by atoms with van der Waals surface area (Å²) in [5.41, 5.74) is 7.25. The Morgan fingerprint density at radius 2 is 1.75 bits per heavy atom. The second-order valence-electron chi connectivity index (χ2n) is 4.31. The van der Waals surface area contributed by atoms with Gasteiger partial charge in [0.1, 0.15) is 5.82 Å². The highest BCUT2D eigenvalue weighted by Crippen LogP contribution is 2.11. The van der Waals surface area contributed by atoms with Crippen LogP contribution in [-0.2, 0) is 23.1 Å². The minimum absolute atomic E-state index is 0.0903. The first kappa shape index (κ1) is 14.6. The maximum absolute atomic E-state index is 13.1. The zero-order chi connectivity index (χ0) is 14.6. The number of nitrogens with two attached hydrogens (primary N) is 1. The molecule has 20 heavy (non-hydrogen) atoms. The van der Waals surface area contributed by atoms with Gasteiger partial charge in [0.15, 0.2) is 0 Å². The van der Waals surface area contributed by atoms with E-state index in [1.165, 1.54) is 18.2 Å². The van der Waals surface area contributed by atoms with Gasteiger partial charge in [0, 0.05) is 13.1 Å². The minimum Gasteiger partial charge on any atom is -0.326 e. The molecule has 0 aromatic heterocycles. The summed E-state index contributed by atoms with van der Waals surface area (Å²) in [6.07, 6.45) is 0. The standard InChI is InChI=1S/C14H15FN2O2S/c15-13-5-2-6-14(8-13)20(18,19)17-10-12-4-1-3-11(7-12)9-16/h1-8,17H,9-10,16H2.